The van der Waals surface area contributed by atoms with E-state index in [0.717, 1.165) is 12.0 Å². The molecule has 0 aliphatic heterocycles. The van der Waals surface area contributed by atoms with Gasteiger partial charge in [-0.05, 0) is 24.1 Å². The minimum Gasteiger partial charge on any atom is -0.327 e. The summed E-state index contributed by atoms with van der Waals surface area (Å²) in [5, 5.41) is 0. The Hall–Kier alpha value is -0.890. The van der Waals surface area contributed by atoms with Crippen molar-refractivity contribution in [2.75, 3.05) is 0 Å². The standard InChI is InChI=1S/C10H12FN/c1-10(6-9(10)12)7-3-2-4-8(11)5-7/h2-5,9H,6,12H2,1H3. The van der Waals surface area contributed by atoms with Crippen LogP contribution in [0.4, 0.5) is 4.39 Å². The first-order valence-corrected chi connectivity index (χ1v) is 4.14. The number of nitrogens with two attached hydrogens (primary N) is 1. The molecule has 1 aromatic carbocycles. The molecular formula is C10H12FN. The molecule has 2 atom stereocenters. The molecule has 2 rings (SSSR count). The molecule has 2 N–H and O–H groups in total. The van der Waals surface area contributed by atoms with Crippen LogP contribution in [0.1, 0.15) is 18.9 Å². The molecule has 0 heterocycles. The zero-order valence-electron chi connectivity index (χ0n) is 7.05. The maximum absolute atomic E-state index is 12.8. The quantitative estimate of drug-likeness (QED) is 0.674. The van der Waals surface area contributed by atoms with Crippen molar-refractivity contribution in [2.24, 2.45) is 5.73 Å². The Kier molecular flexibility index (Phi) is 1.48. The third-order valence-electron chi connectivity index (χ3n) is 2.79. The summed E-state index contributed by atoms with van der Waals surface area (Å²) in [6.07, 6.45) is 0.969. The predicted octanol–water partition coefficient (Wildman–Crippen LogP) is 1.81. The van der Waals surface area contributed by atoms with Gasteiger partial charge in [-0.1, -0.05) is 19.1 Å². The Balaban J connectivity index is 2.36. The second-order valence-electron chi connectivity index (χ2n) is 3.74. The highest BCUT2D eigenvalue weighted by Crippen LogP contribution is 2.46. The van der Waals surface area contributed by atoms with Crippen LogP contribution in [0.5, 0.6) is 0 Å². The van der Waals surface area contributed by atoms with Crippen molar-refractivity contribution >= 4 is 0 Å². The molecular weight excluding hydrogens is 153 g/mol. The summed E-state index contributed by atoms with van der Waals surface area (Å²) in [7, 11) is 0. The average Bonchev–Trinajstić information content (AvgIpc) is 2.61. The van der Waals surface area contributed by atoms with E-state index in [9.17, 15) is 4.39 Å². The van der Waals surface area contributed by atoms with Gasteiger partial charge in [-0.15, -0.1) is 0 Å². The molecule has 1 saturated carbocycles. The molecule has 1 aromatic rings. The van der Waals surface area contributed by atoms with Crippen molar-refractivity contribution in [1.82, 2.24) is 0 Å². The zero-order chi connectivity index (χ0) is 8.77. The molecule has 0 bridgehead atoms. The molecule has 64 valence electrons. The lowest BCUT2D eigenvalue weighted by atomic mass is 9.97. The Morgan fingerprint density at radius 1 is 1.58 bits per heavy atom. The Morgan fingerprint density at radius 3 is 2.75 bits per heavy atom. The van der Waals surface area contributed by atoms with Crippen LogP contribution in [0, 0.1) is 5.82 Å². The fourth-order valence-electron chi connectivity index (χ4n) is 1.57. The maximum Gasteiger partial charge on any atom is 0.123 e. The Labute approximate surface area is 71.4 Å². The van der Waals surface area contributed by atoms with E-state index in [4.69, 9.17) is 5.73 Å². The van der Waals surface area contributed by atoms with Gasteiger partial charge in [-0.3, -0.25) is 0 Å². The Morgan fingerprint density at radius 2 is 2.25 bits per heavy atom. The van der Waals surface area contributed by atoms with Crippen molar-refractivity contribution in [3.63, 3.8) is 0 Å². The van der Waals surface area contributed by atoms with E-state index in [1.54, 1.807) is 12.1 Å². The molecule has 1 aliphatic carbocycles. The molecule has 12 heavy (non-hydrogen) atoms. The SMILES string of the molecule is CC1(c2cccc(F)c2)CC1N. The largest absolute Gasteiger partial charge is 0.327 e. The van der Waals surface area contributed by atoms with Crippen LogP contribution < -0.4 is 5.73 Å². The van der Waals surface area contributed by atoms with Gasteiger partial charge in [-0.25, -0.2) is 4.39 Å². The molecule has 0 saturated heterocycles. The number of benzene rings is 1. The average molecular weight is 165 g/mol. The van der Waals surface area contributed by atoms with Crippen LogP contribution in [0.25, 0.3) is 0 Å². The van der Waals surface area contributed by atoms with Crippen LogP contribution >= 0.6 is 0 Å². The van der Waals surface area contributed by atoms with E-state index in [0.29, 0.717) is 0 Å². The smallest absolute Gasteiger partial charge is 0.123 e. The van der Waals surface area contributed by atoms with E-state index in [2.05, 4.69) is 6.92 Å². The number of halogens is 1. The molecule has 2 heteroatoms. The molecule has 0 spiro atoms. The van der Waals surface area contributed by atoms with E-state index < -0.39 is 0 Å². The maximum atomic E-state index is 12.8. The van der Waals surface area contributed by atoms with E-state index in [1.807, 2.05) is 6.07 Å². The van der Waals surface area contributed by atoms with Crippen LogP contribution in [0.3, 0.4) is 0 Å². The van der Waals surface area contributed by atoms with E-state index >= 15 is 0 Å². The number of hydrogen-bond donors (Lipinski definition) is 1. The second kappa shape index (κ2) is 2.30. The lowest BCUT2D eigenvalue weighted by Gasteiger charge is -2.09. The fraction of sp³-hybridized carbons (Fsp3) is 0.400. The minimum absolute atomic E-state index is 0.0299. The molecule has 0 aromatic heterocycles. The first-order chi connectivity index (χ1) is 5.63. The second-order valence-corrected chi connectivity index (χ2v) is 3.74. The van der Waals surface area contributed by atoms with Crippen LogP contribution in [0.2, 0.25) is 0 Å². The molecule has 1 nitrogen and oxygen atoms in total. The van der Waals surface area contributed by atoms with Gasteiger partial charge in [0.15, 0.2) is 0 Å². The summed E-state index contributed by atoms with van der Waals surface area (Å²) < 4.78 is 12.8. The monoisotopic (exact) mass is 165 g/mol. The topological polar surface area (TPSA) is 26.0 Å². The van der Waals surface area contributed by atoms with Crippen LogP contribution in [0.15, 0.2) is 24.3 Å². The molecule has 2 unspecified atom stereocenters. The Bertz CT molecular complexity index is 310. The molecule has 1 aliphatic rings. The summed E-state index contributed by atoms with van der Waals surface area (Å²) in [4.78, 5) is 0. The van der Waals surface area contributed by atoms with Crippen molar-refractivity contribution in [3.8, 4) is 0 Å². The highest BCUT2D eigenvalue weighted by molar-refractivity contribution is 5.34. The van der Waals surface area contributed by atoms with E-state index in [1.165, 1.54) is 6.07 Å². The van der Waals surface area contributed by atoms with Crippen molar-refractivity contribution in [2.45, 2.75) is 24.8 Å². The van der Waals surface area contributed by atoms with Gasteiger partial charge in [0.25, 0.3) is 0 Å². The highest BCUT2D eigenvalue weighted by Gasteiger charge is 2.48. The summed E-state index contributed by atoms with van der Waals surface area (Å²) in [6, 6.07) is 6.92. The summed E-state index contributed by atoms with van der Waals surface area (Å²) in [5.74, 6) is -0.173. The van der Waals surface area contributed by atoms with Gasteiger partial charge in [0.1, 0.15) is 5.82 Å². The van der Waals surface area contributed by atoms with E-state index in [-0.39, 0.29) is 17.3 Å². The third-order valence-corrected chi connectivity index (χ3v) is 2.79. The first kappa shape index (κ1) is 7.74. The number of hydrogen-bond acceptors (Lipinski definition) is 1. The molecule has 1 fully saturated rings. The first-order valence-electron chi connectivity index (χ1n) is 4.14. The minimum atomic E-state index is -0.173. The van der Waals surface area contributed by atoms with Crippen LogP contribution in [-0.2, 0) is 5.41 Å². The summed E-state index contributed by atoms with van der Waals surface area (Å²) in [6.45, 7) is 2.08. The van der Waals surface area contributed by atoms with Gasteiger partial charge < -0.3 is 5.73 Å². The van der Waals surface area contributed by atoms with Crippen molar-refractivity contribution in [3.05, 3.63) is 35.6 Å². The van der Waals surface area contributed by atoms with Crippen LogP contribution in [-0.4, -0.2) is 6.04 Å². The molecule has 0 radical (unpaired) electrons. The van der Waals surface area contributed by atoms with Gasteiger partial charge in [0, 0.05) is 11.5 Å². The lowest BCUT2D eigenvalue weighted by molar-refractivity contribution is 0.619. The van der Waals surface area contributed by atoms with Gasteiger partial charge in [0.05, 0.1) is 0 Å². The van der Waals surface area contributed by atoms with Gasteiger partial charge in [0.2, 0.25) is 0 Å². The zero-order valence-corrected chi connectivity index (χ0v) is 7.05. The highest BCUT2D eigenvalue weighted by atomic mass is 19.1. The lowest BCUT2D eigenvalue weighted by Crippen LogP contribution is -2.14. The van der Waals surface area contributed by atoms with Crippen molar-refractivity contribution < 1.29 is 4.39 Å². The number of rotatable bonds is 1. The summed E-state index contributed by atoms with van der Waals surface area (Å²) >= 11 is 0. The van der Waals surface area contributed by atoms with Gasteiger partial charge in [-0.2, -0.15) is 0 Å². The normalized spacial score (nSPS) is 33.4. The fourth-order valence-corrected chi connectivity index (χ4v) is 1.57. The molecule has 0 amide bonds. The van der Waals surface area contributed by atoms with Gasteiger partial charge >= 0.3 is 0 Å². The van der Waals surface area contributed by atoms with Crippen molar-refractivity contribution in [1.29, 1.82) is 0 Å². The third kappa shape index (κ3) is 1.03. The predicted molar refractivity (Wildman–Crippen MR) is 46.3 cm³/mol. The summed E-state index contributed by atoms with van der Waals surface area (Å²) in [5.41, 5.74) is 6.81.